The molecule has 0 bridgehead atoms. The second kappa shape index (κ2) is 10.6. The van der Waals surface area contributed by atoms with E-state index in [4.69, 9.17) is 11.6 Å². The number of benzene rings is 1. The first kappa shape index (κ1) is 25.3. The topological polar surface area (TPSA) is 113 Å². The van der Waals surface area contributed by atoms with Crippen LogP contribution in [0.4, 0.5) is 0 Å². The molecule has 0 aliphatic rings. The Kier molecular flexibility index (Phi) is 8.65. The van der Waals surface area contributed by atoms with Crippen LogP contribution in [-0.4, -0.2) is 51.5 Å². The van der Waals surface area contributed by atoms with Crippen molar-refractivity contribution in [2.75, 3.05) is 7.05 Å². The van der Waals surface area contributed by atoms with Crippen LogP contribution in [0.2, 0.25) is 5.15 Å². The van der Waals surface area contributed by atoms with Crippen LogP contribution >= 0.6 is 11.6 Å². The molecule has 0 saturated heterocycles. The molecule has 10 heteroatoms. The molecule has 0 amide bonds. The number of carbonyl (C=O) groups is 1. The van der Waals surface area contributed by atoms with Crippen molar-refractivity contribution in [3.8, 4) is 0 Å². The van der Waals surface area contributed by atoms with Crippen molar-refractivity contribution in [1.82, 2.24) is 13.9 Å². The number of carboxylic acids is 1. The number of nitrogens with zero attached hydrogens (tertiary/aromatic N) is 3. The summed E-state index contributed by atoms with van der Waals surface area (Å²) in [6, 6.07) is 5.10. The fraction of sp³-hybridized carbons (Fsp3) is 0.524. The van der Waals surface area contributed by atoms with Gasteiger partial charge in [0.1, 0.15) is 11.9 Å². The number of rotatable bonds is 11. The number of likely N-dealkylation sites (N-methyl/N-ethyl adjacent to an activating group) is 1. The third-order valence-corrected chi connectivity index (χ3v) is 7.38. The van der Waals surface area contributed by atoms with Crippen LogP contribution in [0.5, 0.6) is 0 Å². The van der Waals surface area contributed by atoms with Crippen molar-refractivity contribution >= 4 is 27.6 Å². The smallest absolute Gasteiger partial charge is 0.322 e. The van der Waals surface area contributed by atoms with E-state index >= 15 is 0 Å². The lowest BCUT2D eigenvalue weighted by atomic mass is 10.1. The first-order valence-electron chi connectivity index (χ1n) is 10.2. The maximum absolute atomic E-state index is 12.9. The van der Waals surface area contributed by atoms with Gasteiger partial charge in [-0.25, -0.2) is 13.4 Å². The van der Waals surface area contributed by atoms with Gasteiger partial charge in [0.2, 0.25) is 10.0 Å². The lowest BCUT2D eigenvalue weighted by Crippen LogP contribution is -2.45. The summed E-state index contributed by atoms with van der Waals surface area (Å²) in [6.45, 7) is 5.54. The van der Waals surface area contributed by atoms with Gasteiger partial charge in [0, 0.05) is 20.0 Å². The molecule has 2 rings (SSSR count). The predicted molar refractivity (Wildman–Crippen MR) is 119 cm³/mol. The number of hydrogen-bond donors (Lipinski definition) is 2. The van der Waals surface area contributed by atoms with Crippen LogP contribution in [0.15, 0.2) is 29.2 Å². The summed E-state index contributed by atoms with van der Waals surface area (Å²) >= 11 is 6.17. The van der Waals surface area contributed by atoms with Gasteiger partial charge in [-0.2, -0.15) is 4.31 Å². The average molecular weight is 472 g/mol. The fourth-order valence-corrected chi connectivity index (χ4v) is 5.20. The molecule has 1 aromatic carbocycles. The van der Waals surface area contributed by atoms with Crippen molar-refractivity contribution in [2.24, 2.45) is 5.92 Å². The number of aliphatic carboxylic acids is 1. The highest BCUT2D eigenvalue weighted by Gasteiger charge is 2.34. The third-order valence-electron chi connectivity index (χ3n) is 5.22. The standard InChI is InChI=1S/C21H30ClN3O5S/c1-5-6-7-18-23-20(22)17(13-26)25(18)12-15-8-10-16(11-9-15)31(29,30)24(4)19(14(2)3)21(27)28/h8-11,14,19,26H,5-7,12-13H2,1-4H3,(H,27,28)/t19-/m0/s1. The zero-order valence-corrected chi connectivity index (χ0v) is 19.8. The van der Waals surface area contributed by atoms with Gasteiger partial charge >= 0.3 is 5.97 Å². The molecular formula is C21H30ClN3O5S. The third kappa shape index (κ3) is 5.65. The van der Waals surface area contributed by atoms with Gasteiger partial charge in [0.25, 0.3) is 0 Å². The molecule has 0 unspecified atom stereocenters. The minimum Gasteiger partial charge on any atom is -0.480 e. The summed E-state index contributed by atoms with van der Waals surface area (Å²) in [5, 5.41) is 19.4. The summed E-state index contributed by atoms with van der Waals surface area (Å²) in [5.74, 6) is -0.805. The number of hydrogen-bond acceptors (Lipinski definition) is 5. The van der Waals surface area contributed by atoms with Crippen LogP contribution in [0.25, 0.3) is 0 Å². The van der Waals surface area contributed by atoms with Crippen LogP contribution in [0.1, 0.15) is 50.7 Å². The maximum Gasteiger partial charge on any atom is 0.322 e. The van der Waals surface area contributed by atoms with Gasteiger partial charge in [-0.05, 0) is 30.0 Å². The Morgan fingerprint density at radius 3 is 2.35 bits per heavy atom. The number of unbranched alkanes of at least 4 members (excludes halogenated alkanes) is 1. The Hall–Kier alpha value is -1.94. The summed E-state index contributed by atoms with van der Waals surface area (Å²) in [5.41, 5.74) is 1.33. The molecule has 172 valence electrons. The molecule has 31 heavy (non-hydrogen) atoms. The lowest BCUT2D eigenvalue weighted by molar-refractivity contribution is -0.142. The molecule has 0 radical (unpaired) electrons. The lowest BCUT2D eigenvalue weighted by Gasteiger charge is -2.27. The van der Waals surface area contributed by atoms with E-state index in [1.165, 1.54) is 19.2 Å². The van der Waals surface area contributed by atoms with Gasteiger partial charge in [0.15, 0.2) is 5.15 Å². The van der Waals surface area contributed by atoms with E-state index in [0.717, 1.165) is 35.0 Å². The summed E-state index contributed by atoms with van der Waals surface area (Å²) in [4.78, 5) is 15.9. The van der Waals surface area contributed by atoms with Gasteiger partial charge in [0.05, 0.1) is 17.2 Å². The zero-order chi connectivity index (χ0) is 23.3. The van der Waals surface area contributed by atoms with E-state index in [2.05, 4.69) is 11.9 Å². The van der Waals surface area contributed by atoms with Crippen LogP contribution in [0.3, 0.4) is 0 Å². The van der Waals surface area contributed by atoms with Gasteiger partial charge in [-0.3, -0.25) is 4.79 Å². The second-order valence-corrected chi connectivity index (χ2v) is 10.2. The first-order valence-corrected chi connectivity index (χ1v) is 12.0. The van der Waals surface area contributed by atoms with E-state index < -0.39 is 22.0 Å². The van der Waals surface area contributed by atoms with E-state index in [1.807, 2.05) is 4.57 Å². The van der Waals surface area contributed by atoms with Gasteiger partial charge < -0.3 is 14.8 Å². The highest BCUT2D eigenvalue weighted by molar-refractivity contribution is 7.89. The molecule has 1 heterocycles. The van der Waals surface area contributed by atoms with Gasteiger partial charge in [-0.1, -0.05) is 50.9 Å². The quantitative estimate of drug-likeness (QED) is 0.520. The molecule has 0 saturated carbocycles. The Bertz CT molecular complexity index is 1000. The summed E-state index contributed by atoms with van der Waals surface area (Å²) in [7, 11) is -2.69. The van der Waals surface area contributed by atoms with Crippen molar-refractivity contribution in [2.45, 2.75) is 64.1 Å². The van der Waals surface area contributed by atoms with Crippen molar-refractivity contribution < 1.29 is 23.4 Å². The van der Waals surface area contributed by atoms with E-state index in [9.17, 15) is 23.4 Å². The fourth-order valence-electron chi connectivity index (χ4n) is 3.49. The number of aryl methyl sites for hydroxylation is 1. The predicted octanol–water partition coefficient (Wildman–Crippen LogP) is 3.15. The number of aliphatic hydroxyl groups is 1. The number of sulfonamides is 1. The Morgan fingerprint density at radius 1 is 1.26 bits per heavy atom. The summed E-state index contributed by atoms with van der Waals surface area (Å²) < 4.78 is 28.6. The number of carboxylic acid groups (broad SMARTS) is 1. The molecule has 1 aromatic heterocycles. The monoisotopic (exact) mass is 471 g/mol. The molecule has 0 aliphatic heterocycles. The molecule has 2 aromatic rings. The molecule has 0 aliphatic carbocycles. The number of imidazole rings is 1. The Balaban J connectivity index is 2.31. The van der Waals surface area contributed by atoms with E-state index in [0.29, 0.717) is 12.2 Å². The molecule has 0 spiro atoms. The van der Waals surface area contributed by atoms with Crippen molar-refractivity contribution in [1.29, 1.82) is 0 Å². The maximum atomic E-state index is 12.9. The number of aromatic nitrogens is 2. The molecule has 0 fully saturated rings. The molecular weight excluding hydrogens is 442 g/mol. The SMILES string of the molecule is CCCCc1nc(Cl)c(CO)n1Cc1ccc(S(=O)(=O)N(C)[C@H](C(=O)O)C(C)C)cc1. The summed E-state index contributed by atoms with van der Waals surface area (Å²) in [6.07, 6.45) is 2.65. The number of halogens is 1. The van der Waals surface area contributed by atoms with Crippen molar-refractivity contribution in [3.05, 3.63) is 46.5 Å². The molecule has 8 nitrogen and oxygen atoms in total. The van der Waals surface area contributed by atoms with Crippen molar-refractivity contribution in [3.63, 3.8) is 0 Å². The number of aliphatic hydroxyl groups excluding tert-OH is 1. The minimum atomic E-state index is -3.97. The Morgan fingerprint density at radius 2 is 1.87 bits per heavy atom. The highest BCUT2D eigenvalue weighted by atomic mass is 35.5. The zero-order valence-electron chi connectivity index (χ0n) is 18.2. The average Bonchev–Trinajstić information content (AvgIpc) is 3.00. The minimum absolute atomic E-state index is 0.0166. The molecule has 2 N–H and O–H groups in total. The van der Waals surface area contributed by atoms with E-state index in [1.54, 1.807) is 26.0 Å². The normalized spacial score (nSPS) is 13.2. The van der Waals surface area contributed by atoms with Crippen LogP contribution in [-0.2, 0) is 34.4 Å². The second-order valence-electron chi connectivity index (χ2n) is 7.81. The largest absolute Gasteiger partial charge is 0.480 e. The van der Waals surface area contributed by atoms with Gasteiger partial charge in [-0.15, -0.1) is 0 Å². The molecule has 1 atom stereocenters. The van der Waals surface area contributed by atoms with Crippen LogP contribution < -0.4 is 0 Å². The van der Waals surface area contributed by atoms with E-state index in [-0.39, 0.29) is 22.6 Å². The highest BCUT2D eigenvalue weighted by Crippen LogP contribution is 2.23. The van der Waals surface area contributed by atoms with Crippen LogP contribution in [0, 0.1) is 5.92 Å². The first-order chi connectivity index (χ1) is 14.5. The Labute approximate surface area is 188 Å².